The van der Waals surface area contributed by atoms with E-state index in [1.807, 2.05) is 42.5 Å². The highest BCUT2D eigenvalue weighted by Gasteiger charge is 2.10. The lowest BCUT2D eigenvalue weighted by Gasteiger charge is -2.11. The number of hydrogen-bond donors (Lipinski definition) is 1. The van der Waals surface area contributed by atoms with Crippen LogP contribution in [0.25, 0.3) is 10.8 Å². The van der Waals surface area contributed by atoms with Crippen LogP contribution in [0.4, 0.5) is 14.5 Å². The van der Waals surface area contributed by atoms with Crippen LogP contribution in [0.1, 0.15) is 5.56 Å². The summed E-state index contributed by atoms with van der Waals surface area (Å²) in [6.07, 6.45) is 0. The summed E-state index contributed by atoms with van der Waals surface area (Å²) in [6, 6.07) is 16.3. The normalized spacial score (nSPS) is 10.8. The van der Waals surface area contributed by atoms with Crippen molar-refractivity contribution in [2.24, 2.45) is 0 Å². The van der Waals surface area contributed by atoms with Crippen molar-refractivity contribution in [3.8, 4) is 0 Å². The Bertz CT molecular complexity index is 773. The Morgan fingerprint density at radius 2 is 1.57 bits per heavy atom. The van der Waals surface area contributed by atoms with E-state index in [0.717, 1.165) is 16.3 Å². The molecule has 3 rings (SSSR count). The summed E-state index contributed by atoms with van der Waals surface area (Å²) in [5.41, 5.74) is 0.890. The quantitative estimate of drug-likeness (QED) is 0.660. The highest BCUT2D eigenvalue weighted by atomic mass is 79.9. The number of benzene rings is 3. The highest BCUT2D eigenvalue weighted by Crippen LogP contribution is 2.25. The Labute approximate surface area is 129 Å². The monoisotopic (exact) mass is 347 g/mol. The Morgan fingerprint density at radius 1 is 0.905 bits per heavy atom. The van der Waals surface area contributed by atoms with Crippen molar-refractivity contribution in [2.75, 3.05) is 5.32 Å². The third-order valence-electron chi connectivity index (χ3n) is 3.34. The van der Waals surface area contributed by atoms with Crippen LogP contribution in [0.15, 0.2) is 59.1 Å². The van der Waals surface area contributed by atoms with E-state index in [9.17, 15) is 8.78 Å². The number of nitrogens with one attached hydrogen (secondary N) is 1. The standard InChI is InChI=1S/C17H12BrF2N/c18-13-8-15(19)17(16(20)9-13)21-10-12-6-3-5-11-4-1-2-7-14(11)12/h1-9,21H,10H2. The van der Waals surface area contributed by atoms with Crippen LogP contribution in [-0.2, 0) is 6.54 Å². The molecule has 0 amide bonds. The number of anilines is 1. The first-order valence-corrected chi connectivity index (χ1v) is 7.29. The molecule has 0 heterocycles. The van der Waals surface area contributed by atoms with Crippen LogP contribution in [0.5, 0.6) is 0 Å². The molecule has 4 heteroatoms. The predicted molar refractivity (Wildman–Crippen MR) is 85.3 cm³/mol. The lowest BCUT2D eigenvalue weighted by Crippen LogP contribution is -2.04. The zero-order chi connectivity index (χ0) is 14.8. The summed E-state index contributed by atoms with van der Waals surface area (Å²) in [6.45, 7) is 0.358. The molecule has 0 bridgehead atoms. The van der Waals surface area contributed by atoms with Gasteiger partial charge in [-0.15, -0.1) is 0 Å². The van der Waals surface area contributed by atoms with Crippen molar-refractivity contribution >= 4 is 32.4 Å². The minimum Gasteiger partial charge on any atom is -0.376 e. The van der Waals surface area contributed by atoms with E-state index in [1.54, 1.807) is 0 Å². The van der Waals surface area contributed by atoms with Gasteiger partial charge in [0.2, 0.25) is 0 Å². The van der Waals surface area contributed by atoms with Crippen molar-refractivity contribution in [1.29, 1.82) is 0 Å². The zero-order valence-corrected chi connectivity index (χ0v) is 12.6. The molecular weight excluding hydrogens is 336 g/mol. The van der Waals surface area contributed by atoms with E-state index in [2.05, 4.69) is 21.2 Å². The van der Waals surface area contributed by atoms with Gasteiger partial charge in [0.05, 0.1) is 0 Å². The Balaban J connectivity index is 1.91. The summed E-state index contributed by atoms with van der Waals surface area (Å²) in [4.78, 5) is 0. The molecule has 0 atom stereocenters. The maximum atomic E-state index is 13.8. The van der Waals surface area contributed by atoms with Crippen LogP contribution in [0, 0.1) is 11.6 Å². The van der Waals surface area contributed by atoms with E-state index < -0.39 is 11.6 Å². The van der Waals surface area contributed by atoms with Gasteiger partial charge in [0.15, 0.2) is 0 Å². The van der Waals surface area contributed by atoms with Crippen molar-refractivity contribution < 1.29 is 8.78 Å². The topological polar surface area (TPSA) is 12.0 Å². The second-order valence-electron chi connectivity index (χ2n) is 4.74. The molecule has 106 valence electrons. The van der Waals surface area contributed by atoms with Crippen molar-refractivity contribution in [2.45, 2.75) is 6.54 Å². The second kappa shape index (κ2) is 5.82. The van der Waals surface area contributed by atoms with E-state index in [4.69, 9.17) is 0 Å². The van der Waals surface area contributed by atoms with E-state index >= 15 is 0 Å². The van der Waals surface area contributed by atoms with Crippen LogP contribution in [0.3, 0.4) is 0 Å². The largest absolute Gasteiger partial charge is 0.376 e. The molecule has 0 unspecified atom stereocenters. The Hall–Kier alpha value is -1.94. The molecule has 0 saturated heterocycles. The van der Waals surface area contributed by atoms with E-state index in [-0.39, 0.29) is 5.69 Å². The smallest absolute Gasteiger partial charge is 0.150 e. The number of rotatable bonds is 3. The summed E-state index contributed by atoms with van der Waals surface area (Å²) in [7, 11) is 0. The minimum absolute atomic E-state index is 0.105. The van der Waals surface area contributed by atoms with Gasteiger partial charge in [0, 0.05) is 11.0 Å². The third kappa shape index (κ3) is 2.90. The second-order valence-corrected chi connectivity index (χ2v) is 5.65. The number of hydrogen-bond acceptors (Lipinski definition) is 1. The maximum Gasteiger partial charge on any atom is 0.150 e. The highest BCUT2D eigenvalue weighted by molar-refractivity contribution is 9.10. The van der Waals surface area contributed by atoms with Gasteiger partial charge in [0.1, 0.15) is 17.3 Å². The van der Waals surface area contributed by atoms with Gasteiger partial charge in [-0.3, -0.25) is 0 Å². The van der Waals surface area contributed by atoms with E-state index in [1.165, 1.54) is 12.1 Å². The molecule has 0 aromatic heterocycles. The molecule has 0 saturated carbocycles. The molecule has 0 fully saturated rings. The summed E-state index contributed by atoms with van der Waals surface area (Å²) in [5.74, 6) is -1.22. The van der Waals surface area contributed by atoms with Gasteiger partial charge in [0.25, 0.3) is 0 Å². The fourth-order valence-corrected chi connectivity index (χ4v) is 2.74. The fraction of sp³-hybridized carbons (Fsp3) is 0.0588. The lowest BCUT2D eigenvalue weighted by atomic mass is 10.0. The summed E-state index contributed by atoms with van der Waals surface area (Å²) < 4.78 is 28.0. The van der Waals surface area contributed by atoms with Gasteiger partial charge >= 0.3 is 0 Å². The molecule has 21 heavy (non-hydrogen) atoms. The first kappa shape index (κ1) is 14.0. The van der Waals surface area contributed by atoms with E-state index in [0.29, 0.717) is 11.0 Å². The number of halogens is 3. The SMILES string of the molecule is Fc1cc(Br)cc(F)c1NCc1cccc2ccccc12. The average molecular weight is 348 g/mol. The Morgan fingerprint density at radius 3 is 2.33 bits per heavy atom. The van der Waals surface area contributed by atoms with Crippen LogP contribution >= 0.6 is 15.9 Å². The molecule has 0 spiro atoms. The lowest BCUT2D eigenvalue weighted by molar-refractivity contribution is 0.586. The summed E-state index contributed by atoms with van der Waals surface area (Å²) >= 11 is 3.07. The molecule has 0 aliphatic heterocycles. The van der Waals surface area contributed by atoms with Gasteiger partial charge in [-0.05, 0) is 28.5 Å². The molecule has 1 N–H and O–H groups in total. The predicted octanol–water partition coefficient (Wildman–Crippen LogP) is 5.49. The average Bonchev–Trinajstić information content (AvgIpc) is 2.46. The van der Waals surface area contributed by atoms with Gasteiger partial charge < -0.3 is 5.32 Å². The van der Waals surface area contributed by atoms with Crippen LogP contribution in [0.2, 0.25) is 0 Å². The van der Waals surface area contributed by atoms with Crippen LogP contribution < -0.4 is 5.32 Å². The first-order chi connectivity index (χ1) is 10.1. The Kier molecular flexibility index (Phi) is 3.88. The molecule has 3 aromatic rings. The van der Waals surface area contributed by atoms with Gasteiger partial charge in [-0.1, -0.05) is 58.4 Å². The molecule has 0 radical (unpaired) electrons. The fourth-order valence-electron chi connectivity index (χ4n) is 2.34. The first-order valence-electron chi connectivity index (χ1n) is 6.50. The van der Waals surface area contributed by atoms with Crippen molar-refractivity contribution in [3.63, 3.8) is 0 Å². The van der Waals surface area contributed by atoms with Crippen molar-refractivity contribution in [3.05, 3.63) is 76.3 Å². The summed E-state index contributed by atoms with van der Waals surface area (Å²) in [5, 5.41) is 5.03. The number of fused-ring (bicyclic) bond motifs is 1. The molecule has 0 aliphatic rings. The maximum absolute atomic E-state index is 13.8. The molecule has 3 aromatic carbocycles. The van der Waals surface area contributed by atoms with Crippen LogP contribution in [-0.4, -0.2) is 0 Å². The third-order valence-corrected chi connectivity index (χ3v) is 3.80. The molecular formula is C17H12BrF2N. The van der Waals surface area contributed by atoms with Gasteiger partial charge in [-0.2, -0.15) is 0 Å². The molecule has 1 nitrogen and oxygen atoms in total. The molecule has 0 aliphatic carbocycles. The minimum atomic E-state index is -0.609. The van der Waals surface area contributed by atoms with Crippen molar-refractivity contribution in [1.82, 2.24) is 0 Å². The van der Waals surface area contributed by atoms with Gasteiger partial charge in [-0.25, -0.2) is 8.78 Å². The zero-order valence-electron chi connectivity index (χ0n) is 11.0.